The van der Waals surface area contributed by atoms with Crippen molar-refractivity contribution in [1.29, 1.82) is 5.26 Å². The van der Waals surface area contributed by atoms with E-state index >= 15 is 0 Å². The molecule has 2 aliphatic heterocycles. The minimum Gasteiger partial charge on any atom is -0.420 e. The average molecular weight is 463 g/mol. The number of nitrogens with zero attached hydrogens (tertiary/aromatic N) is 3. The highest BCUT2D eigenvalue weighted by Crippen LogP contribution is 2.57. The van der Waals surface area contributed by atoms with Crippen LogP contribution in [0.15, 0.2) is 90.3 Å². The van der Waals surface area contributed by atoms with Crippen LogP contribution in [-0.2, 0) is 16.8 Å². The van der Waals surface area contributed by atoms with Crippen molar-refractivity contribution >= 4 is 11.6 Å². The molecule has 8 heteroatoms. The Balaban J connectivity index is 1.63. The number of anilines is 1. The maximum Gasteiger partial charge on any atom is 0.248 e. The SMILES string of the molecule is N#CC1=C(N)Oc2n[nH]c(-c3ccccc3)c2[C@]12C(=O)N(Cc1ccc(F)cc1)c1ccccc12. The molecule has 0 saturated heterocycles. The lowest BCUT2D eigenvalue weighted by atomic mass is 9.68. The number of para-hydroxylation sites is 1. The number of nitrogens with one attached hydrogen (secondary N) is 1. The molecule has 1 amide bonds. The summed E-state index contributed by atoms with van der Waals surface area (Å²) in [4.78, 5) is 16.1. The highest BCUT2D eigenvalue weighted by atomic mass is 19.1. The van der Waals surface area contributed by atoms with E-state index in [0.717, 1.165) is 11.1 Å². The zero-order chi connectivity index (χ0) is 24.2. The van der Waals surface area contributed by atoms with Crippen LogP contribution in [0.1, 0.15) is 16.7 Å². The van der Waals surface area contributed by atoms with Crippen LogP contribution in [-0.4, -0.2) is 16.1 Å². The lowest BCUT2D eigenvalue weighted by Gasteiger charge is -2.32. The normalized spacial score (nSPS) is 18.3. The molecule has 0 bridgehead atoms. The number of benzene rings is 3. The molecule has 0 unspecified atom stereocenters. The molecule has 4 aromatic rings. The Hall–Kier alpha value is -4.90. The lowest BCUT2D eigenvalue weighted by molar-refractivity contribution is -0.121. The van der Waals surface area contributed by atoms with E-state index in [-0.39, 0.29) is 35.6 Å². The number of amides is 1. The van der Waals surface area contributed by atoms with E-state index in [1.165, 1.54) is 12.1 Å². The number of ether oxygens (including phenoxy) is 1. The molecule has 3 aromatic carbocycles. The summed E-state index contributed by atoms with van der Waals surface area (Å²) in [5, 5.41) is 17.6. The Morgan fingerprint density at radius 1 is 1.06 bits per heavy atom. The second-order valence-electron chi connectivity index (χ2n) is 8.38. The van der Waals surface area contributed by atoms with Crippen molar-refractivity contribution < 1.29 is 13.9 Å². The monoisotopic (exact) mass is 463 g/mol. The van der Waals surface area contributed by atoms with Gasteiger partial charge in [-0.3, -0.25) is 9.89 Å². The second kappa shape index (κ2) is 7.57. The van der Waals surface area contributed by atoms with Crippen molar-refractivity contribution in [2.45, 2.75) is 12.0 Å². The van der Waals surface area contributed by atoms with Crippen LogP contribution in [0.3, 0.4) is 0 Å². The van der Waals surface area contributed by atoms with E-state index < -0.39 is 5.41 Å². The van der Waals surface area contributed by atoms with E-state index in [1.807, 2.05) is 54.6 Å². The van der Waals surface area contributed by atoms with Gasteiger partial charge in [0.15, 0.2) is 0 Å². The minimum absolute atomic E-state index is 0.00244. The number of nitriles is 1. The smallest absolute Gasteiger partial charge is 0.248 e. The molecule has 0 aliphatic carbocycles. The fourth-order valence-corrected chi connectivity index (χ4v) is 5.03. The van der Waals surface area contributed by atoms with Gasteiger partial charge in [0.2, 0.25) is 17.7 Å². The highest BCUT2D eigenvalue weighted by molar-refractivity contribution is 6.15. The zero-order valence-corrected chi connectivity index (χ0v) is 18.3. The number of nitrogens with two attached hydrogens (primary N) is 1. The first-order chi connectivity index (χ1) is 17.1. The summed E-state index contributed by atoms with van der Waals surface area (Å²) in [7, 11) is 0. The first-order valence-corrected chi connectivity index (χ1v) is 10.9. The molecule has 0 saturated carbocycles. The molecule has 1 atom stereocenters. The predicted octanol–water partition coefficient (Wildman–Crippen LogP) is 4.13. The van der Waals surface area contributed by atoms with Gasteiger partial charge < -0.3 is 15.4 Å². The van der Waals surface area contributed by atoms with Crippen molar-refractivity contribution in [1.82, 2.24) is 10.2 Å². The number of carbonyl (C=O) groups excluding carboxylic acids is 1. The largest absolute Gasteiger partial charge is 0.420 e. The summed E-state index contributed by atoms with van der Waals surface area (Å²) in [6, 6.07) is 24.8. The average Bonchev–Trinajstić information content (AvgIpc) is 3.40. The molecule has 170 valence electrons. The van der Waals surface area contributed by atoms with Gasteiger partial charge in [-0.2, -0.15) is 5.26 Å². The maximum absolute atomic E-state index is 14.5. The van der Waals surface area contributed by atoms with E-state index in [4.69, 9.17) is 10.5 Å². The Labute approximate surface area is 199 Å². The number of hydrogen-bond acceptors (Lipinski definition) is 5. The van der Waals surface area contributed by atoms with Gasteiger partial charge in [0.1, 0.15) is 22.9 Å². The van der Waals surface area contributed by atoms with Crippen LogP contribution in [0.4, 0.5) is 10.1 Å². The van der Waals surface area contributed by atoms with Gasteiger partial charge in [0, 0.05) is 16.8 Å². The number of H-pyrrole nitrogens is 1. The van der Waals surface area contributed by atoms with Crippen molar-refractivity contribution in [3.63, 3.8) is 0 Å². The van der Waals surface area contributed by atoms with Crippen molar-refractivity contribution in [3.05, 3.63) is 113 Å². The van der Waals surface area contributed by atoms with E-state index in [0.29, 0.717) is 22.5 Å². The third kappa shape index (κ3) is 2.82. The molecule has 6 rings (SSSR count). The highest BCUT2D eigenvalue weighted by Gasteiger charge is 2.61. The molecule has 1 spiro atoms. The van der Waals surface area contributed by atoms with Crippen molar-refractivity contribution in [2.24, 2.45) is 5.73 Å². The van der Waals surface area contributed by atoms with Crippen LogP contribution in [0.2, 0.25) is 0 Å². The summed E-state index contributed by atoms with van der Waals surface area (Å²) in [5.41, 5.74) is 8.42. The Bertz CT molecular complexity index is 1550. The Morgan fingerprint density at radius 2 is 1.77 bits per heavy atom. The molecular weight excluding hydrogens is 445 g/mol. The van der Waals surface area contributed by atoms with Crippen LogP contribution in [0.25, 0.3) is 11.3 Å². The van der Waals surface area contributed by atoms with Crippen molar-refractivity contribution in [3.8, 4) is 23.2 Å². The van der Waals surface area contributed by atoms with Gasteiger partial charge in [-0.15, -0.1) is 5.10 Å². The fraction of sp³-hybridized carbons (Fsp3) is 0.0741. The molecule has 1 aromatic heterocycles. The molecular formula is C27H18FN5O2. The third-order valence-corrected chi connectivity index (χ3v) is 6.53. The zero-order valence-electron chi connectivity index (χ0n) is 18.3. The standard InChI is InChI=1S/C27H18FN5O2/c28-18-12-10-16(11-13-18)15-33-21-9-5-4-8-19(21)27(26(33)34)20(14-29)24(30)35-25-22(27)23(31-32-25)17-6-2-1-3-7-17/h1-13H,15,30H2,(H,31,32)/t27-/m1/s1. The predicted molar refractivity (Wildman–Crippen MR) is 126 cm³/mol. The van der Waals surface area contributed by atoms with Crippen LogP contribution in [0.5, 0.6) is 5.88 Å². The van der Waals surface area contributed by atoms with Gasteiger partial charge in [-0.05, 0) is 23.8 Å². The second-order valence-corrected chi connectivity index (χ2v) is 8.38. The number of hydrogen-bond donors (Lipinski definition) is 2. The quantitative estimate of drug-likeness (QED) is 0.475. The minimum atomic E-state index is -1.55. The number of aromatic amines is 1. The molecule has 3 heterocycles. The maximum atomic E-state index is 14.5. The number of halogens is 1. The first kappa shape index (κ1) is 20.7. The summed E-state index contributed by atoms with van der Waals surface area (Å²) in [5.74, 6) is -0.739. The molecule has 3 N–H and O–H groups in total. The van der Waals surface area contributed by atoms with Crippen LogP contribution in [0, 0.1) is 17.1 Å². The molecule has 0 fully saturated rings. The Morgan fingerprint density at radius 3 is 2.51 bits per heavy atom. The number of fused-ring (bicyclic) bond motifs is 4. The van der Waals surface area contributed by atoms with Gasteiger partial charge >= 0.3 is 0 Å². The van der Waals surface area contributed by atoms with Crippen LogP contribution < -0.4 is 15.4 Å². The summed E-state index contributed by atoms with van der Waals surface area (Å²) in [6.07, 6.45) is 0. The molecule has 0 radical (unpaired) electrons. The summed E-state index contributed by atoms with van der Waals surface area (Å²) >= 11 is 0. The van der Waals surface area contributed by atoms with E-state index in [1.54, 1.807) is 17.0 Å². The molecule has 7 nitrogen and oxygen atoms in total. The molecule has 2 aliphatic rings. The number of aromatic nitrogens is 2. The van der Waals surface area contributed by atoms with E-state index in [9.17, 15) is 14.4 Å². The number of rotatable bonds is 3. The fourth-order valence-electron chi connectivity index (χ4n) is 5.03. The van der Waals surface area contributed by atoms with Gasteiger partial charge in [0.05, 0.1) is 17.8 Å². The first-order valence-electron chi connectivity index (χ1n) is 10.9. The molecule has 35 heavy (non-hydrogen) atoms. The van der Waals surface area contributed by atoms with Gasteiger partial charge in [-0.1, -0.05) is 60.7 Å². The van der Waals surface area contributed by atoms with Gasteiger partial charge in [0.25, 0.3) is 0 Å². The summed E-state index contributed by atoms with van der Waals surface area (Å²) < 4.78 is 19.3. The van der Waals surface area contributed by atoms with Crippen LogP contribution >= 0.6 is 0 Å². The Kier molecular flexibility index (Phi) is 4.47. The number of carbonyl (C=O) groups is 1. The van der Waals surface area contributed by atoms with E-state index in [2.05, 4.69) is 16.3 Å². The third-order valence-electron chi connectivity index (χ3n) is 6.53. The van der Waals surface area contributed by atoms with Gasteiger partial charge in [-0.25, -0.2) is 4.39 Å². The topological polar surface area (TPSA) is 108 Å². The summed E-state index contributed by atoms with van der Waals surface area (Å²) in [6.45, 7) is 0.186. The lowest BCUT2D eigenvalue weighted by Crippen LogP contribution is -2.45. The van der Waals surface area contributed by atoms with Crippen molar-refractivity contribution in [2.75, 3.05) is 4.90 Å².